The number of quaternary nitrogens is 1. The zero-order chi connectivity index (χ0) is 18.8. The first-order valence-corrected chi connectivity index (χ1v) is 9.90. The predicted octanol–water partition coefficient (Wildman–Crippen LogP) is 2.91. The van der Waals surface area contributed by atoms with Crippen molar-refractivity contribution < 1.29 is 9.32 Å². The van der Waals surface area contributed by atoms with E-state index in [0.29, 0.717) is 5.58 Å². The van der Waals surface area contributed by atoms with Crippen LogP contribution in [0.3, 0.4) is 0 Å². The molecule has 4 nitrogen and oxygen atoms in total. The van der Waals surface area contributed by atoms with Crippen molar-refractivity contribution in [1.29, 1.82) is 0 Å². The third-order valence-electron chi connectivity index (χ3n) is 5.39. The van der Waals surface area contributed by atoms with E-state index in [1.54, 1.807) is 6.07 Å². The molecule has 3 aromatic rings. The molecule has 1 fully saturated rings. The summed E-state index contributed by atoms with van der Waals surface area (Å²) in [6.07, 6.45) is 0.972. The molecule has 0 unspecified atom stereocenters. The van der Waals surface area contributed by atoms with Crippen molar-refractivity contribution in [1.82, 2.24) is 0 Å². The highest BCUT2D eigenvalue weighted by Gasteiger charge is 2.21. The molecule has 1 aliphatic rings. The first kappa shape index (κ1) is 18.1. The van der Waals surface area contributed by atoms with E-state index in [2.05, 4.69) is 24.0 Å². The van der Waals surface area contributed by atoms with E-state index in [-0.39, 0.29) is 5.63 Å². The number of anilines is 1. The molecule has 0 radical (unpaired) electrons. The van der Waals surface area contributed by atoms with Crippen LogP contribution in [0.1, 0.15) is 18.1 Å². The zero-order valence-electron chi connectivity index (χ0n) is 15.5. The minimum atomic E-state index is -0.265. The lowest BCUT2D eigenvalue weighted by molar-refractivity contribution is -0.914. The van der Waals surface area contributed by atoms with Crippen LogP contribution in [0.5, 0.6) is 0 Å². The predicted molar refractivity (Wildman–Crippen MR) is 110 cm³/mol. The van der Waals surface area contributed by atoms with Gasteiger partial charge in [-0.3, -0.25) is 0 Å². The SMILES string of the molecule is CCc1ccc2oc(=O)cc(C[NH+]3CCN(c4cccc(Cl)c4)CC3)c2c1. The fourth-order valence-corrected chi connectivity index (χ4v) is 4.03. The van der Waals surface area contributed by atoms with Gasteiger partial charge in [0, 0.05) is 27.7 Å². The van der Waals surface area contributed by atoms with Gasteiger partial charge in [0.2, 0.25) is 0 Å². The molecule has 1 N–H and O–H groups in total. The van der Waals surface area contributed by atoms with Gasteiger partial charge in [0.1, 0.15) is 12.1 Å². The minimum absolute atomic E-state index is 0.265. The van der Waals surface area contributed by atoms with Gasteiger partial charge >= 0.3 is 5.63 Å². The Kier molecular flexibility index (Phi) is 5.19. The van der Waals surface area contributed by atoms with E-state index in [1.807, 2.05) is 30.3 Å². The molecule has 2 heterocycles. The molecule has 27 heavy (non-hydrogen) atoms. The van der Waals surface area contributed by atoms with E-state index >= 15 is 0 Å². The van der Waals surface area contributed by atoms with Gasteiger partial charge in [-0.1, -0.05) is 30.7 Å². The van der Waals surface area contributed by atoms with E-state index in [9.17, 15) is 4.79 Å². The molecule has 5 heteroatoms. The van der Waals surface area contributed by atoms with Gasteiger partial charge < -0.3 is 14.2 Å². The van der Waals surface area contributed by atoms with Gasteiger partial charge in [-0.15, -0.1) is 0 Å². The molecule has 0 amide bonds. The summed E-state index contributed by atoms with van der Waals surface area (Å²) in [4.78, 5) is 15.8. The van der Waals surface area contributed by atoms with Gasteiger partial charge in [-0.25, -0.2) is 4.79 Å². The number of hydrogen-bond acceptors (Lipinski definition) is 3. The molecular formula is C22H24ClN2O2+. The number of aryl methyl sites for hydroxylation is 1. The van der Waals surface area contributed by atoms with Crippen LogP contribution in [0.15, 0.2) is 57.7 Å². The Hall–Kier alpha value is -2.30. The summed E-state index contributed by atoms with van der Waals surface area (Å²) < 4.78 is 5.39. The summed E-state index contributed by atoms with van der Waals surface area (Å²) in [5.41, 5.74) is 3.95. The van der Waals surface area contributed by atoms with Crippen LogP contribution in [0.25, 0.3) is 11.0 Å². The number of nitrogens with zero attached hydrogens (tertiary/aromatic N) is 1. The number of fused-ring (bicyclic) bond motifs is 1. The Morgan fingerprint density at radius 3 is 2.67 bits per heavy atom. The van der Waals surface area contributed by atoms with E-state index in [4.69, 9.17) is 16.0 Å². The second-order valence-corrected chi connectivity index (χ2v) is 7.60. The van der Waals surface area contributed by atoms with Crippen LogP contribution >= 0.6 is 11.6 Å². The van der Waals surface area contributed by atoms with Gasteiger partial charge in [0.25, 0.3) is 0 Å². The molecule has 0 atom stereocenters. The summed E-state index contributed by atoms with van der Waals surface area (Å²) >= 11 is 6.12. The smallest absolute Gasteiger partial charge is 0.336 e. The van der Waals surface area contributed by atoms with Crippen molar-refractivity contribution in [3.05, 3.63) is 75.1 Å². The fraction of sp³-hybridized carbons (Fsp3) is 0.318. The third-order valence-corrected chi connectivity index (χ3v) is 5.62. The van der Waals surface area contributed by atoms with Crippen LogP contribution in [0, 0.1) is 0 Å². The molecule has 4 rings (SSSR count). The summed E-state index contributed by atoms with van der Waals surface area (Å²) in [5, 5.41) is 1.84. The van der Waals surface area contributed by atoms with Gasteiger partial charge in [-0.2, -0.15) is 0 Å². The first-order chi connectivity index (χ1) is 13.1. The number of rotatable bonds is 4. The largest absolute Gasteiger partial charge is 0.423 e. The summed E-state index contributed by atoms with van der Waals surface area (Å²) in [6, 6.07) is 15.8. The van der Waals surface area contributed by atoms with E-state index < -0.39 is 0 Å². The molecule has 0 saturated carbocycles. The van der Waals surface area contributed by atoms with Crippen LogP contribution in [-0.4, -0.2) is 26.2 Å². The Morgan fingerprint density at radius 2 is 1.93 bits per heavy atom. The Balaban J connectivity index is 1.51. The standard InChI is InChI=1S/C22H23ClN2O2/c1-2-16-6-7-21-20(12-16)17(13-22(26)27-21)15-24-8-10-25(11-9-24)19-5-3-4-18(23)14-19/h3-7,12-14H,2,8-11,15H2,1H3/p+1. The summed E-state index contributed by atoms with van der Waals surface area (Å²) in [5.74, 6) is 0. The number of nitrogens with one attached hydrogen (secondary N) is 1. The van der Waals surface area contributed by atoms with Crippen LogP contribution < -0.4 is 15.4 Å². The maximum Gasteiger partial charge on any atom is 0.336 e. The zero-order valence-corrected chi connectivity index (χ0v) is 16.3. The second-order valence-electron chi connectivity index (χ2n) is 7.17. The monoisotopic (exact) mass is 383 g/mol. The second kappa shape index (κ2) is 7.75. The maximum absolute atomic E-state index is 12.0. The highest BCUT2D eigenvalue weighted by molar-refractivity contribution is 6.30. The minimum Gasteiger partial charge on any atom is -0.423 e. The molecule has 1 aromatic heterocycles. The molecule has 140 valence electrons. The van der Waals surface area contributed by atoms with E-state index in [0.717, 1.165) is 55.1 Å². The van der Waals surface area contributed by atoms with Crippen LogP contribution in [0.2, 0.25) is 5.02 Å². The normalized spacial score (nSPS) is 15.4. The van der Waals surface area contributed by atoms with Crippen molar-refractivity contribution in [2.24, 2.45) is 0 Å². The Morgan fingerprint density at radius 1 is 1.11 bits per heavy atom. The molecule has 0 aliphatic carbocycles. The quantitative estimate of drug-likeness (QED) is 0.704. The number of piperazine rings is 1. The highest BCUT2D eigenvalue weighted by atomic mass is 35.5. The van der Waals surface area contributed by atoms with Crippen molar-refractivity contribution in [2.45, 2.75) is 19.9 Å². The van der Waals surface area contributed by atoms with Crippen molar-refractivity contribution in [3.63, 3.8) is 0 Å². The highest BCUT2D eigenvalue weighted by Crippen LogP contribution is 2.20. The van der Waals surface area contributed by atoms with E-state index in [1.165, 1.54) is 16.2 Å². The summed E-state index contributed by atoms with van der Waals surface area (Å²) in [7, 11) is 0. The van der Waals surface area contributed by atoms with Crippen LogP contribution in [0.4, 0.5) is 5.69 Å². The molecule has 1 aliphatic heterocycles. The lowest BCUT2D eigenvalue weighted by atomic mass is 10.0. The molecule has 2 aromatic carbocycles. The van der Waals surface area contributed by atoms with Crippen molar-refractivity contribution >= 4 is 28.3 Å². The maximum atomic E-state index is 12.0. The average molecular weight is 384 g/mol. The van der Waals surface area contributed by atoms with Crippen molar-refractivity contribution in [3.8, 4) is 0 Å². The van der Waals surface area contributed by atoms with Crippen molar-refractivity contribution in [2.75, 3.05) is 31.1 Å². The lowest BCUT2D eigenvalue weighted by Gasteiger charge is -2.33. The van der Waals surface area contributed by atoms with Gasteiger partial charge in [0.15, 0.2) is 0 Å². The summed E-state index contributed by atoms with van der Waals surface area (Å²) in [6.45, 7) is 7.01. The molecule has 0 spiro atoms. The average Bonchev–Trinajstić information content (AvgIpc) is 2.68. The van der Waals surface area contributed by atoms with Gasteiger partial charge in [0.05, 0.1) is 26.2 Å². The first-order valence-electron chi connectivity index (χ1n) is 9.52. The molecular weight excluding hydrogens is 360 g/mol. The number of halogens is 1. The topological polar surface area (TPSA) is 37.9 Å². The molecule has 1 saturated heterocycles. The molecule has 0 bridgehead atoms. The lowest BCUT2D eigenvalue weighted by Crippen LogP contribution is -3.13. The number of benzene rings is 2. The third kappa shape index (κ3) is 4.02. The number of hydrogen-bond donors (Lipinski definition) is 1. The van der Waals surface area contributed by atoms with Gasteiger partial charge in [-0.05, 0) is 42.3 Å². The fourth-order valence-electron chi connectivity index (χ4n) is 3.84. The Bertz CT molecular complexity index is 1010. The van der Waals surface area contributed by atoms with Crippen LogP contribution in [-0.2, 0) is 13.0 Å². The Labute approximate surface area is 164 Å².